The van der Waals surface area contributed by atoms with Crippen molar-refractivity contribution in [3.63, 3.8) is 0 Å². The fourth-order valence-electron chi connectivity index (χ4n) is 2.22. The van der Waals surface area contributed by atoms with Gasteiger partial charge >= 0.3 is 6.18 Å². The van der Waals surface area contributed by atoms with Crippen molar-refractivity contribution in [1.82, 2.24) is 5.32 Å². The molecule has 0 bridgehead atoms. The zero-order valence-electron chi connectivity index (χ0n) is 13.5. The van der Waals surface area contributed by atoms with Gasteiger partial charge in [-0.15, -0.1) is 0 Å². The molecule has 0 atom stereocenters. The zero-order valence-corrected chi connectivity index (χ0v) is 13.5. The summed E-state index contributed by atoms with van der Waals surface area (Å²) in [6.07, 6.45) is -3.94. The van der Waals surface area contributed by atoms with Crippen molar-refractivity contribution in [2.75, 3.05) is 11.9 Å². The third kappa shape index (κ3) is 5.63. The van der Waals surface area contributed by atoms with Crippen molar-refractivity contribution in [1.29, 1.82) is 0 Å². The Bertz CT molecular complexity index is 756. The molecular weight excluding hydrogens is 333 g/mol. The molecule has 2 rings (SSSR count). The molecule has 4 nitrogen and oxygen atoms in total. The third-order valence-corrected chi connectivity index (χ3v) is 3.43. The van der Waals surface area contributed by atoms with E-state index in [9.17, 15) is 22.8 Å². The normalized spacial score (nSPS) is 11.0. The minimum Gasteiger partial charge on any atom is -0.352 e. The smallest absolute Gasteiger partial charge is 0.352 e. The van der Waals surface area contributed by atoms with Crippen molar-refractivity contribution in [2.24, 2.45) is 0 Å². The summed E-state index contributed by atoms with van der Waals surface area (Å²) in [5, 5.41) is 5.29. The lowest BCUT2D eigenvalue weighted by atomic mass is 10.1. The standard InChI is InChI=1S/C18H17F3N2O2/c1-12(24)23-16-4-2-3-14(11-16)17(25)22-10-9-13-5-7-15(8-6-13)18(19,20)21/h2-8,11H,9-10H2,1H3,(H,22,25)(H,23,24). The molecule has 0 unspecified atom stereocenters. The van der Waals surface area contributed by atoms with E-state index < -0.39 is 11.7 Å². The van der Waals surface area contributed by atoms with Gasteiger partial charge in [-0.25, -0.2) is 0 Å². The summed E-state index contributed by atoms with van der Waals surface area (Å²) in [5.74, 6) is -0.557. The first-order valence-electron chi connectivity index (χ1n) is 7.58. The van der Waals surface area contributed by atoms with Crippen LogP contribution in [0.4, 0.5) is 18.9 Å². The predicted octanol–water partition coefficient (Wildman–Crippen LogP) is 3.64. The molecule has 7 heteroatoms. The molecule has 0 radical (unpaired) electrons. The molecule has 2 aromatic carbocycles. The highest BCUT2D eigenvalue weighted by Crippen LogP contribution is 2.29. The van der Waals surface area contributed by atoms with Gasteiger partial charge < -0.3 is 10.6 Å². The molecule has 0 saturated carbocycles. The topological polar surface area (TPSA) is 58.2 Å². The molecule has 0 aliphatic rings. The minimum atomic E-state index is -4.36. The molecule has 0 aliphatic carbocycles. The SMILES string of the molecule is CC(=O)Nc1cccc(C(=O)NCCc2ccc(C(F)(F)F)cc2)c1. The summed E-state index contributed by atoms with van der Waals surface area (Å²) < 4.78 is 37.5. The third-order valence-electron chi connectivity index (χ3n) is 3.43. The number of halogens is 3. The highest BCUT2D eigenvalue weighted by atomic mass is 19.4. The van der Waals surface area contributed by atoms with Crippen LogP contribution in [-0.2, 0) is 17.4 Å². The summed E-state index contributed by atoms with van der Waals surface area (Å²) in [5.41, 5.74) is 0.900. The summed E-state index contributed by atoms with van der Waals surface area (Å²) in [7, 11) is 0. The maximum Gasteiger partial charge on any atom is 0.416 e. The molecule has 25 heavy (non-hydrogen) atoms. The molecule has 2 aromatic rings. The first-order valence-corrected chi connectivity index (χ1v) is 7.58. The number of anilines is 1. The Kier molecular flexibility index (Phi) is 5.80. The molecular formula is C18H17F3N2O2. The second-order valence-electron chi connectivity index (χ2n) is 5.46. The van der Waals surface area contributed by atoms with Crippen LogP contribution >= 0.6 is 0 Å². The number of hydrogen-bond donors (Lipinski definition) is 2. The van der Waals surface area contributed by atoms with Gasteiger partial charge in [0.15, 0.2) is 0 Å². The number of benzene rings is 2. The molecule has 0 spiro atoms. The van der Waals surface area contributed by atoms with Crippen LogP contribution in [0.1, 0.15) is 28.4 Å². The van der Waals surface area contributed by atoms with Crippen molar-refractivity contribution in [3.8, 4) is 0 Å². The van der Waals surface area contributed by atoms with E-state index in [0.717, 1.165) is 12.1 Å². The van der Waals surface area contributed by atoms with Gasteiger partial charge in [0.2, 0.25) is 5.91 Å². The fourth-order valence-corrected chi connectivity index (χ4v) is 2.22. The van der Waals surface area contributed by atoms with Crippen molar-refractivity contribution < 1.29 is 22.8 Å². The van der Waals surface area contributed by atoms with E-state index >= 15 is 0 Å². The molecule has 2 N–H and O–H groups in total. The highest BCUT2D eigenvalue weighted by Gasteiger charge is 2.29. The van der Waals surface area contributed by atoms with Crippen molar-refractivity contribution >= 4 is 17.5 Å². The monoisotopic (exact) mass is 350 g/mol. The maximum absolute atomic E-state index is 12.5. The van der Waals surface area contributed by atoms with Crippen LogP contribution in [0.25, 0.3) is 0 Å². The van der Waals surface area contributed by atoms with Gasteiger partial charge in [0, 0.05) is 24.7 Å². The average Bonchev–Trinajstić information content (AvgIpc) is 2.54. The van der Waals surface area contributed by atoms with Crippen LogP contribution in [0.3, 0.4) is 0 Å². The Balaban J connectivity index is 1.89. The number of amides is 2. The van der Waals surface area contributed by atoms with E-state index in [1.165, 1.54) is 19.1 Å². The van der Waals surface area contributed by atoms with E-state index in [2.05, 4.69) is 10.6 Å². The van der Waals surface area contributed by atoms with Crippen molar-refractivity contribution in [2.45, 2.75) is 19.5 Å². The maximum atomic E-state index is 12.5. The second-order valence-corrected chi connectivity index (χ2v) is 5.46. The molecule has 0 fully saturated rings. The molecule has 2 amide bonds. The highest BCUT2D eigenvalue weighted by molar-refractivity contribution is 5.96. The number of alkyl halides is 3. The molecule has 0 saturated heterocycles. The lowest BCUT2D eigenvalue weighted by Crippen LogP contribution is -2.25. The van der Waals surface area contributed by atoms with Crippen LogP contribution in [0.5, 0.6) is 0 Å². The summed E-state index contributed by atoms with van der Waals surface area (Å²) in [6, 6.07) is 11.3. The molecule has 0 heterocycles. The van der Waals surface area contributed by atoms with Gasteiger partial charge in [0.25, 0.3) is 5.91 Å². The van der Waals surface area contributed by atoms with Gasteiger partial charge in [0.1, 0.15) is 0 Å². The Hall–Kier alpha value is -2.83. The Morgan fingerprint density at radius 1 is 1.04 bits per heavy atom. The van der Waals surface area contributed by atoms with Crippen LogP contribution in [0.15, 0.2) is 48.5 Å². The average molecular weight is 350 g/mol. The van der Waals surface area contributed by atoms with Crippen LogP contribution in [0.2, 0.25) is 0 Å². The number of rotatable bonds is 5. The van der Waals surface area contributed by atoms with Gasteiger partial charge in [0.05, 0.1) is 5.56 Å². The Morgan fingerprint density at radius 2 is 1.72 bits per heavy atom. The zero-order chi connectivity index (χ0) is 18.4. The van der Waals surface area contributed by atoms with E-state index in [-0.39, 0.29) is 18.4 Å². The van der Waals surface area contributed by atoms with E-state index in [1.54, 1.807) is 24.3 Å². The summed E-state index contributed by atoms with van der Waals surface area (Å²) in [6.45, 7) is 1.66. The second kappa shape index (κ2) is 7.83. The van der Waals surface area contributed by atoms with E-state index in [0.29, 0.717) is 23.2 Å². The molecule has 132 valence electrons. The number of nitrogens with one attached hydrogen (secondary N) is 2. The summed E-state index contributed by atoms with van der Waals surface area (Å²) >= 11 is 0. The lowest BCUT2D eigenvalue weighted by Gasteiger charge is -2.09. The van der Waals surface area contributed by atoms with Crippen LogP contribution in [-0.4, -0.2) is 18.4 Å². The fraction of sp³-hybridized carbons (Fsp3) is 0.222. The number of carbonyl (C=O) groups excluding carboxylic acids is 2. The Morgan fingerprint density at radius 3 is 2.32 bits per heavy atom. The summed E-state index contributed by atoms with van der Waals surface area (Å²) in [4.78, 5) is 23.1. The minimum absolute atomic E-state index is 0.236. The van der Waals surface area contributed by atoms with Crippen LogP contribution < -0.4 is 10.6 Å². The molecule has 0 aliphatic heterocycles. The van der Waals surface area contributed by atoms with Gasteiger partial charge in [-0.2, -0.15) is 13.2 Å². The van der Waals surface area contributed by atoms with E-state index in [1.807, 2.05) is 0 Å². The number of carbonyl (C=O) groups is 2. The number of hydrogen-bond acceptors (Lipinski definition) is 2. The van der Waals surface area contributed by atoms with Gasteiger partial charge in [-0.1, -0.05) is 18.2 Å². The lowest BCUT2D eigenvalue weighted by molar-refractivity contribution is -0.137. The molecule has 0 aromatic heterocycles. The predicted molar refractivity (Wildman–Crippen MR) is 88.2 cm³/mol. The van der Waals surface area contributed by atoms with Gasteiger partial charge in [-0.3, -0.25) is 9.59 Å². The van der Waals surface area contributed by atoms with Gasteiger partial charge in [-0.05, 0) is 42.3 Å². The first kappa shape index (κ1) is 18.5. The van der Waals surface area contributed by atoms with Crippen molar-refractivity contribution in [3.05, 3.63) is 65.2 Å². The van der Waals surface area contributed by atoms with Crippen LogP contribution in [0, 0.1) is 0 Å². The largest absolute Gasteiger partial charge is 0.416 e. The van der Waals surface area contributed by atoms with E-state index in [4.69, 9.17) is 0 Å². The first-order chi connectivity index (χ1) is 11.8. The Labute approximate surface area is 143 Å². The quantitative estimate of drug-likeness (QED) is 0.865.